The molecule has 1 nitrogen and oxygen atoms in total. The van der Waals surface area contributed by atoms with Crippen LogP contribution < -0.4 is 0 Å². The largest absolute Gasteiger partial charge is 0.432 e. The van der Waals surface area contributed by atoms with E-state index in [2.05, 4.69) is 4.99 Å². The molecule has 0 aromatic rings. The molecule has 1 aliphatic rings. The van der Waals surface area contributed by atoms with Crippen LogP contribution in [0.1, 0.15) is 20.3 Å². The molecule has 0 aromatic carbocycles. The summed E-state index contributed by atoms with van der Waals surface area (Å²) in [5, 5.41) is 0. The molecule has 0 aromatic heterocycles. The van der Waals surface area contributed by atoms with Crippen molar-refractivity contribution in [3.8, 4) is 0 Å². The van der Waals surface area contributed by atoms with E-state index in [0.717, 1.165) is 6.08 Å². The molecule has 0 amide bonds. The molecule has 0 atom stereocenters. The molecule has 0 aliphatic carbocycles. The summed E-state index contributed by atoms with van der Waals surface area (Å²) in [6.07, 6.45) is -1.41. The first-order valence-corrected chi connectivity index (χ1v) is 3.64. The summed E-state index contributed by atoms with van der Waals surface area (Å²) in [5.74, 6) is 0. The van der Waals surface area contributed by atoms with Gasteiger partial charge < -0.3 is 0 Å². The third-order valence-corrected chi connectivity index (χ3v) is 1.67. The Hall–Kier alpha value is -0.800. The summed E-state index contributed by atoms with van der Waals surface area (Å²) in [7, 11) is 0. The SMILES string of the molecule is CC1(C)C=NC(C(F)(F)F)=CC1. The Balaban J connectivity index is 2.78. The summed E-state index contributed by atoms with van der Waals surface area (Å²) in [5.41, 5.74) is -1.02. The van der Waals surface area contributed by atoms with Gasteiger partial charge in [0.25, 0.3) is 0 Å². The maximum Gasteiger partial charge on any atom is 0.432 e. The molecule has 0 unspecified atom stereocenters. The Morgan fingerprint density at radius 1 is 1.42 bits per heavy atom. The summed E-state index contributed by atoms with van der Waals surface area (Å²) in [4.78, 5) is 3.36. The second-order valence-electron chi connectivity index (χ2n) is 3.54. The van der Waals surface area contributed by atoms with Crippen molar-refractivity contribution < 1.29 is 13.2 Å². The molecule has 68 valence electrons. The van der Waals surface area contributed by atoms with Gasteiger partial charge in [0, 0.05) is 11.6 Å². The molecular formula is C8H10F3N. The van der Waals surface area contributed by atoms with E-state index in [1.165, 1.54) is 6.21 Å². The zero-order chi connectivity index (χ0) is 9.41. The van der Waals surface area contributed by atoms with Crippen LogP contribution in [0.15, 0.2) is 16.8 Å². The van der Waals surface area contributed by atoms with Crippen LogP contribution in [0.5, 0.6) is 0 Å². The zero-order valence-corrected chi connectivity index (χ0v) is 6.94. The minimum Gasteiger partial charge on any atom is -0.256 e. The molecule has 0 bridgehead atoms. The van der Waals surface area contributed by atoms with Gasteiger partial charge in [-0.25, -0.2) is 0 Å². The Labute approximate surface area is 69.0 Å². The van der Waals surface area contributed by atoms with E-state index in [9.17, 15) is 13.2 Å². The van der Waals surface area contributed by atoms with Gasteiger partial charge in [0.1, 0.15) is 5.70 Å². The number of nitrogens with zero attached hydrogens (tertiary/aromatic N) is 1. The van der Waals surface area contributed by atoms with Gasteiger partial charge in [-0.2, -0.15) is 13.2 Å². The lowest BCUT2D eigenvalue weighted by molar-refractivity contribution is -0.0929. The lowest BCUT2D eigenvalue weighted by Gasteiger charge is -2.22. The predicted molar refractivity (Wildman–Crippen MR) is 41.0 cm³/mol. The molecule has 0 saturated carbocycles. The monoisotopic (exact) mass is 177 g/mol. The third-order valence-electron chi connectivity index (χ3n) is 1.67. The van der Waals surface area contributed by atoms with Crippen molar-refractivity contribution in [3.05, 3.63) is 11.8 Å². The minimum absolute atomic E-state index is 0.241. The van der Waals surface area contributed by atoms with Crippen molar-refractivity contribution in [3.63, 3.8) is 0 Å². The number of allylic oxidation sites excluding steroid dienone is 2. The van der Waals surface area contributed by atoms with Crippen molar-refractivity contribution in [1.82, 2.24) is 0 Å². The van der Waals surface area contributed by atoms with Crippen LogP contribution in [0.25, 0.3) is 0 Å². The van der Waals surface area contributed by atoms with E-state index in [0.29, 0.717) is 6.42 Å². The fourth-order valence-corrected chi connectivity index (χ4v) is 0.898. The number of hydrogen-bond acceptors (Lipinski definition) is 1. The molecule has 0 saturated heterocycles. The number of aliphatic imine (C=N–C) groups is 1. The second-order valence-corrected chi connectivity index (χ2v) is 3.54. The Bertz CT molecular complexity index is 235. The van der Waals surface area contributed by atoms with Gasteiger partial charge in [0.15, 0.2) is 0 Å². The van der Waals surface area contributed by atoms with E-state index >= 15 is 0 Å². The van der Waals surface area contributed by atoms with Crippen molar-refractivity contribution in [2.24, 2.45) is 10.4 Å². The standard InChI is InChI=1S/C8H10F3N/c1-7(2)4-3-6(12-5-7)8(9,10)11/h3,5H,4H2,1-2H3. The highest BCUT2D eigenvalue weighted by Crippen LogP contribution is 2.32. The molecule has 1 rings (SSSR count). The highest BCUT2D eigenvalue weighted by atomic mass is 19.4. The first-order valence-electron chi connectivity index (χ1n) is 3.64. The average molecular weight is 177 g/mol. The molecule has 4 heteroatoms. The van der Waals surface area contributed by atoms with E-state index in [4.69, 9.17) is 0 Å². The van der Waals surface area contributed by atoms with Gasteiger partial charge in [0.2, 0.25) is 0 Å². The van der Waals surface area contributed by atoms with Crippen molar-refractivity contribution >= 4 is 6.21 Å². The Kier molecular flexibility index (Phi) is 2.02. The lowest BCUT2D eigenvalue weighted by atomic mass is 9.89. The number of hydrogen-bond donors (Lipinski definition) is 0. The first kappa shape index (κ1) is 9.29. The maximum absolute atomic E-state index is 12.0. The first-order chi connectivity index (χ1) is 5.31. The normalized spacial score (nSPS) is 22.2. The fraction of sp³-hybridized carbons (Fsp3) is 0.625. The van der Waals surface area contributed by atoms with Crippen molar-refractivity contribution in [2.45, 2.75) is 26.4 Å². The van der Waals surface area contributed by atoms with Crippen LogP contribution in [0, 0.1) is 5.41 Å². The quantitative estimate of drug-likeness (QED) is 0.539. The van der Waals surface area contributed by atoms with Crippen LogP contribution in [0.3, 0.4) is 0 Å². The lowest BCUT2D eigenvalue weighted by Crippen LogP contribution is -2.20. The predicted octanol–water partition coefficient (Wildman–Crippen LogP) is 2.93. The van der Waals surface area contributed by atoms with Gasteiger partial charge in [-0.3, -0.25) is 4.99 Å². The molecule has 0 fully saturated rings. The number of rotatable bonds is 0. The van der Waals surface area contributed by atoms with Gasteiger partial charge in [-0.05, 0) is 6.42 Å². The Morgan fingerprint density at radius 3 is 2.33 bits per heavy atom. The smallest absolute Gasteiger partial charge is 0.256 e. The van der Waals surface area contributed by atoms with Crippen LogP contribution in [-0.2, 0) is 0 Å². The maximum atomic E-state index is 12.0. The molecular weight excluding hydrogens is 167 g/mol. The molecule has 0 N–H and O–H groups in total. The zero-order valence-electron chi connectivity index (χ0n) is 6.94. The van der Waals surface area contributed by atoms with Gasteiger partial charge in [-0.1, -0.05) is 19.9 Å². The van der Waals surface area contributed by atoms with Crippen molar-refractivity contribution in [1.29, 1.82) is 0 Å². The average Bonchev–Trinajstić information content (AvgIpc) is 1.83. The summed E-state index contributed by atoms with van der Waals surface area (Å²) in [6, 6.07) is 0. The van der Waals surface area contributed by atoms with Crippen LogP contribution >= 0.6 is 0 Å². The van der Waals surface area contributed by atoms with Crippen molar-refractivity contribution in [2.75, 3.05) is 0 Å². The summed E-state index contributed by atoms with van der Waals surface area (Å²) >= 11 is 0. The minimum atomic E-state index is -4.30. The fourth-order valence-electron chi connectivity index (χ4n) is 0.898. The third kappa shape index (κ3) is 2.09. The topological polar surface area (TPSA) is 12.4 Å². The Morgan fingerprint density at radius 2 is 2.00 bits per heavy atom. The summed E-state index contributed by atoms with van der Waals surface area (Å²) in [6.45, 7) is 3.69. The van der Waals surface area contributed by atoms with E-state index in [-0.39, 0.29) is 5.41 Å². The molecule has 1 aliphatic heterocycles. The van der Waals surface area contributed by atoms with E-state index < -0.39 is 11.9 Å². The van der Waals surface area contributed by atoms with Crippen LogP contribution in [-0.4, -0.2) is 12.4 Å². The highest BCUT2D eigenvalue weighted by molar-refractivity contribution is 5.68. The molecule has 12 heavy (non-hydrogen) atoms. The van der Waals surface area contributed by atoms with Crippen LogP contribution in [0.2, 0.25) is 0 Å². The van der Waals surface area contributed by atoms with Crippen LogP contribution in [0.4, 0.5) is 13.2 Å². The van der Waals surface area contributed by atoms with E-state index in [1.807, 2.05) is 13.8 Å². The molecule has 1 heterocycles. The molecule has 0 spiro atoms. The van der Waals surface area contributed by atoms with Gasteiger partial charge in [-0.15, -0.1) is 0 Å². The highest BCUT2D eigenvalue weighted by Gasteiger charge is 2.35. The van der Waals surface area contributed by atoms with E-state index in [1.54, 1.807) is 0 Å². The second kappa shape index (κ2) is 2.61. The van der Waals surface area contributed by atoms with Gasteiger partial charge >= 0.3 is 6.18 Å². The van der Waals surface area contributed by atoms with Gasteiger partial charge in [0.05, 0.1) is 0 Å². The molecule has 0 radical (unpaired) electrons. The number of alkyl halides is 3. The summed E-state index contributed by atoms with van der Waals surface area (Å²) < 4.78 is 36.0. The number of halogens is 3.